The average Bonchev–Trinajstić information content (AvgIpc) is 2.08. The first-order valence-corrected chi connectivity index (χ1v) is 4.22. The summed E-state index contributed by atoms with van der Waals surface area (Å²) >= 11 is 4.15. The van der Waals surface area contributed by atoms with Crippen LogP contribution in [-0.2, 0) is 4.79 Å². The lowest BCUT2D eigenvalue weighted by atomic mass is 10.2. The minimum atomic E-state index is -0.350. The first-order valence-electron chi connectivity index (χ1n) is 3.77. The summed E-state index contributed by atoms with van der Waals surface area (Å²) in [4.78, 5) is 11.3. The van der Waals surface area contributed by atoms with Crippen molar-refractivity contribution in [1.82, 2.24) is 0 Å². The molecule has 0 saturated carbocycles. The summed E-state index contributed by atoms with van der Waals surface area (Å²) in [6, 6.07) is 5.33. The molecule has 0 spiro atoms. The molecule has 13 heavy (non-hydrogen) atoms. The van der Waals surface area contributed by atoms with Crippen LogP contribution in [0, 0.1) is 0 Å². The van der Waals surface area contributed by atoms with E-state index >= 15 is 0 Å². The molecular weight excluding hydrogens is 184 g/mol. The van der Waals surface area contributed by atoms with E-state index in [1.807, 2.05) is 6.07 Å². The largest absolute Gasteiger partial charge is 0.426 e. The molecule has 0 aliphatic heterocycles. The Morgan fingerprint density at radius 2 is 2.31 bits per heavy atom. The summed E-state index contributed by atoms with van der Waals surface area (Å²) in [5.41, 5.74) is 0.897. The van der Waals surface area contributed by atoms with Crippen molar-refractivity contribution in [3.05, 3.63) is 30.3 Å². The highest BCUT2D eigenvalue weighted by molar-refractivity contribution is 7.80. The monoisotopic (exact) mass is 194 g/mol. The van der Waals surface area contributed by atoms with Crippen LogP contribution in [0.1, 0.15) is 12.5 Å². The second-order valence-corrected chi connectivity index (χ2v) is 3.01. The van der Waals surface area contributed by atoms with Gasteiger partial charge in [-0.3, -0.25) is 4.79 Å². The third kappa shape index (κ3) is 2.63. The van der Waals surface area contributed by atoms with Gasteiger partial charge in [0.05, 0.1) is 0 Å². The van der Waals surface area contributed by atoms with Crippen LogP contribution in [0.3, 0.4) is 0 Å². The number of ether oxygens (including phenoxy) is 1. The number of carbonyl (C=O) groups excluding carboxylic acids is 1. The summed E-state index contributed by atoms with van der Waals surface area (Å²) in [5.74, 6) is 0.116. The first kappa shape index (κ1) is 9.86. The fraction of sp³-hybridized carbons (Fsp3) is 0.100. The molecular formula is C10H10O2S. The molecule has 2 nitrogen and oxygen atoms in total. The standard InChI is InChI=1S/C10H10O2S/c1-3-8-4-5-10(13)9(6-8)12-7(2)11/h3-6,13H,1H2,2H3. The molecule has 68 valence electrons. The molecule has 0 saturated heterocycles. The van der Waals surface area contributed by atoms with E-state index in [0.717, 1.165) is 5.56 Å². The van der Waals surface area contributed by atoms with E-state index in [1.54, 1.807) is 18.2 Å². The van der Waals surface area contributed by atoms with Crippen molar-refractivity contribution in [2.45, 2.75) is 11.8 Å². The summed E-state index contributed by atoms with van der Waals surface area (Å²) in [6.07, 6.45) is 1.68. The Kier molecular flexibility index (Phi) is 3.14. The van der Waals surface area contributed by atoms with Crippen molar-refractivity contribution < 1.29 is 9.53 Å². The van der Waals surface area contributed by atoms with Gasteiger partial charge in [-0.25, -0.2) is 0 Å². The molecule has 0 aliphatic carbocycles. The van der Waals surface area contributed by atoms with Crippen LogP contribution >= 0.6 is 12.6 Å². The molecule has 0 N–H and O–H groups in total. The van der Waals surface area contributed by atoms with Crippen LogP contribution in [0.4, 0.5) is 0 Å². The molecule has 1 aromatic rings. The molecule has 0 atom stereocenters. The minimum absolute atomic E-state index is 0.350. The maximum absolute atomic E-state index is 10.7. The predicted octanol–water partition coefficient (Wildman–Crippen LogP) is 2.54. The molecule has 1 aromatic carbocycles. The molecule has 0 amide bonds. The van der Waals surface area contributed by atoms with Gasteiger partial charge in [0.25, 0.3) is 0 Å². The molecule has 3 heteroatoms. The highest BCUT2D eigenvalue weighted by Crippen LogP contribution is 2.24. The third-order valence-corrected chi connectivity index (χ3v) is 1.84. The quantitative estimate of drug-likeness (QED) is 0.445. The van der Waals surface area contributed by atoms with Gasteiger partial charge in [0.2, 0.25) is 0 Å². The molecule has 0 unspecified atom stereocenters. The summed E-state index contributed by atoms with van der Waals surface area (Å²) in [6.45, 7) is 4.97. The molecule has 1 rings (SSSR count). The van der Waals surface area contributed by atoms with Gasteiger partial charge < -0.3 is 4.74 Å². The van der Waals surface area contributed by atoms with E-state index in [2.05, 4.69) is 19.2 Å². The van der Waals surface area contributed by atoms with E-state index in [0.29, 0.717) is 10.6 Å². The van der Waals surface area contributed by atoms with Crippen molar-refractivity contribution in [3.8, 4) is 5.75 Å². The van der Waals surface area contributed by atoms with E-state index in [1.165, 1.54) is 6.92 Å². The smallest absolute Gasteiger partial charge is 0.308 e. The lowest BCUT2D eigenvalue weighted by Gasteiger charge is -2.04. The van der Waals surface area contributed by atoms with E-state index in [4.69, 9.17) is 4.74 Å². The zero-order valence-corrected chi connectivity index (χ0v) is 8.17. The Balaban J connectivity index is 3.03. The SMILES string of the molecule is C=Cc1ccc(S)c(OC(C)=O)c1. The number of benzene rings is 1. The van der Waals surface area contributed by atoms with Crippen molar-refractivity contribution in [1.29, 1.82) is 0 Å². The molecule has 0 heterocycles. The van der Waals surface area contributed by atoms with Crippen molar-refractivity contribution >= 4 is 24.7 Å². The van der Waals surface area contributed by atoms with E-state index < -0.39 is 0 Å². The van der Waals surface area contributed by atoms with Crippen LogP contribution in [0.2, 0.25) is 0 Å². The Labute approximate surface area is 82.6 Å². The fourth-order valence-electron chi connectivity index (χ4n) is 0.894. The fourth-order valence-corrected chi connectivity index (χ4v) is 1.08. The number of thiol groups is 1. The lowest BCUT2D eigenvalue weighted by Crippen LogP contribution is -2.02. The first-order chi connectivity index (χ1) is 6.13. The molecule has 0 fully saturated rings. The lowest BCUT2D eigenvalue weighted by molar-refractivity contribution is -0.132. The maximum Gasteiger partial charge on any atom is 0.308 e. The van der Waals surface area contributed by atoms with Gasteiger partial charge in [-0.1, -0.05) is 18.7 Å². The van der Waals surface area contributed by atoms with Crippen molar-refractivity contribution in [2.75, 3.05) is 0 Å². The number of hydrogen-bond acceptors (Lipinski definition) is 3. The van der Waals surface area contributed by atoms with Crippen LogP contribution in [0.5, 0.6) is 5.75 Å². The van der Waals surface area contributed by atoms with Crippen LogP contribution in [-0.4, -0.2) is 5.97 Å². The van der Waals surface area contributed by atoms with Crippen molar-refractivity contribution in [2.24, 2.45) is 0 Å². The summed E-state index contributed by atoms with van der Waals surface area (Å²) in [5, 5.41) is 0. The van der Waals surface area contributed by atoms with Crippen LogP contribution in [0.15, 0.2) is 29.7 Å². The van der Waals surface area contributed by atoms with E-state index in [9.17, 15) is 4.79 Å². The van der Waals surface area contributed by atoms with Gasteiger partial charge in [-0.15, -0.1) is 12.6 Å². The van der Waals surface area contributed by atoms with Gasteiger partial charge in [0.15, 0.2) is 0 Å². The van der Waals surface area contributed by atoms with Crippen LogP contribution in [0.25, 0.3) is 6.08 Å². The van der Waals surface area contributed by atoms with Crippen LogP contribution < -0.4 is 4.74 Å². The Bertz CT molecular complexity index is 345. The summed E-state index contributed by atoms with van der Waals surface area (Å²) in [7, 11) is 0. The van der Waals surface area contributed by atoms with Gasteiger partial charge >= 0.3 is 5.97 Å². The Morgan fingerprint density at radius 3 is 2.85 bits per heavy atom. The van der Waals surface area contributed by atoms with Gasteiger partial charge in [0, 0.05) is 11.8 Å². The highest BCUT2D eigenvalue weighted by atomic mass is 32.1. The molecule has 0 aromatic heterocycles. The third-order valence-electron chi connectivity index (χ3n) is 1.47. The van der Waals surface area contributed by atoms with Gasteiger partial charge in [-0.2, -0.15) is 0 Å². The number of hydrogen-bond donors (Lipinski definition) is 1. The zero-order valence-electron chi connectivity index (χ0n) is 7.28. The second kappa shape index (κ2) is 4.14. The Morgan fingerprint density at radius 1 is 1.62 bits per heavy atom. The minimum Gasteiger partial charge on any atom is -0.426 e. The number of carbonyl (C=O) groups is 1. The van der Waals surface area contributed by atoms with Gasteiger partial charge in [0.1, 0.15) is 5.75 Å². The van der Waals surface area contributed by atoms with Gasteiger partial charge in [-0.05, 0) is 17.7 Å². The predicted molar refractivity (Wildman–Crippen MR) is 55.1 cm³/mol. The summed E-state index contributed by atoms with van der Waals surface area (Å²) < 4.78 is 4.92. The zero-order chi connectivity index (χ0) is 9.84. The molecule has 0 bridgehead atoms. The van der Waals surface area contributed by atoms with Crippen molar-refractivity contribution in [3.63, 3.8) is 0 Å². The maximum atomic E-state index is 10.7. The average molecular weight is 194 g/mol. The highest BCUT2D eigenvalue weighted by Gasteiger charge is 2.02. The van der Waals surface area contributed by atoms with E-state index in [-0.39, 0.29) is 5.97 Å². The number of esters is 1. The Hall–Kier alpha value is -1.22. The molecule has 0 radical (unpaired) electrons. The second-order valence-electron chi connectivity index (χ2n) is 2.52. The topological polar surface area (TPSA) is 26.3 Å². The molecule has 0 aliphatic rings. The normalized spacial score (nSPS) is 9.38. The number of rotatable bonds is 2.